The summed E-state index contributed by atoms with van der Waals surface area (Å²) in [5, 5.41) is 2.44. The molecule has 0 saturated heterocycles. The fourth-order valence-electron chi connectivity index (χ4n) is 2.92. The Labute approximate surface area is 163 Å². The molecule has 0 fully saturated rings. The number of nitrogens with one attached hydrogen (secondary N) is 1. The largest absolute Gasteiger partial charge is 0.457 e. The van der Waals surface area contributed by atoms with Crippen molar-refractivity contribution in [3.63, 3.8) is 0 Å². The Bertz CT molecular complexity index is 851. The number of halogens is 1. The summed E-state index contributed by atoms with van der Waals surface area (Å²) < 4.78 is 19.4. The van der Waals surface area contributed by atoms with Gasteiger partial charge in [0.15, 0.2) is 6.61 Å². The molecular formula is C22H24FNO4. The Morgan fingerprint density at radius 2 is 1.79 bits per heavy atom. The molecule has 0 heterocycles. The number of Topliss-reactive ketones (excluding diaryl/α,β-unsaturated/α-hetero) is 1. The van der Waals surface area contributed by atoms with Gasteiger partial charge in [0.1, 0.15) is 5.82 Å². The van der Waals surface area contributed by atoms with Gasteiger partial charge in [-0.05, 0) is 29.7 Å². The number of anilines is 1. The molecule has 1 N–H and O–H groups in total. The number of ketones is 1. The molecule has 2 rings (SSSR count). The van der Waals surface area contributed by atoms with E-state index < -0.39 is 30.1 Å². The smallest absolute Gasteiger partial charge is 0.314 e. The summed E-state index contributed by atoms with van der Waals surface area (Å²) in [6.45, 7) is 4.68. The molecule has 0 aliphatic carbocycles. The van der Waals surface area contributed by atoms with E-state index in [4.69, 9.17) is 4.74 Å². The van der Waals surface area contributed by atoms with Gasteiger partial charge in [-0.2, -0.15) is 0 Å². The molecule has 0 saturated carbocycles. The van der Waals surface area contributed by atoms with Crippen molar-refractivity contribution < 1.29 is 23.5 Å². The lowest BCUT2D eigenvalue weighted by molar-refractivity contribution is -0.145. The number of hydrogen-bond donors (Lipinski definition) is 1. The minimum absolute atomic E-state index is 0.0266. The summed E-state index contributed by atoms with van der Waals surface area (Å²) in [5.74, 6) is -2.75. The number of benzene rings is 2. The molecule has 2 aromatic rings. The number of carbonyl (C=O) groups excluding carboxylic acids is 3. The van der Waals surface area contributed by atoms with Crippen LogP contribution in [0.2, 0.25) is 0 Å². The van der Waals surface area contributed by atoms with Crippen LogP contribution in [0.25, 0.3) is 0 Å². The van der Waals surface area contributed by atoms with Crippen molar-refractivity contribution in [3.05, 3.63) is 65.5 Å². The van der Waals surface area contributed by atoms with E-state index in [1.54, 1.807) is 0 Å². The van der Waals surface area contributed by atoms with Crippen LogP contribution in [0.15, 0.2) is 48.5 Å². The lowest BCUT2D eigenvalue weighted by Gasteiger charge is -2.21. The summed E-state index contributed by atoms with van der Waals surface area (Å²) in [4.78, 5) is 35.9. The average molecular weight is 385 g/mol. The number of carbonyl (C=O) groups is 3. The van der Waals surface area contributed by atoms with E-state index >= 15 is 0 Å². The number of hydrogen-bond acceptors (Lipinski definition) is 4. The van der Waals surface area contributed by atoms with Crippen molar-refractivity contribution >= 4 is 23.3 Å². The maximum absolute atomic E-state index is 14.2. The van der Waals surface area contributed by atoms with Gasteiger partial charge < -0.3 is 10.1 Å². The highest BCUT2D eigenvalue weighted by molar-refractivity contribution is 5.99. The highest BCUT2D eigenvalue weighted by Gasteiger charge is 2.28. The first-order valence-corrected chi connectivity index (χ1v) is 9.15. The summed E-state index contributed by atoms with van der Waals surface area (Å²) in [6, 6.07) is 13.0. The van der Waals surface area contributed by atoms with Gasteiger partial charge >= 0.3 is 5.97 Å². The average Bonchev–Trinajstić information content (AvgIpc) is 2.66. The molecule has 1 amide bonds. The van der Waals surface area contributed by atoms with Crippen LogP contribution in [0.3, 0.4) is 0 Å². The number of amides is 1. The fraction of sp³-hybridized carbons (Fsp3) is 0.318. The van der Waals surface area contributed by atoms with Crippen LogP contribution < -0.4 is 5.32 Å². The van der Waals surface area contributed by atoms with Crippen LogP contribution in [0.5, 0.6) is 0 Å². The van der Waals surface area contributed by atoms with Crippen molar-refractivity contribution in [2.45, 2.75) is 33.1 Å². The van der Waals surface area contributed by atoms with E-state index in [2.05, 4.69) is 5.32 Å². The van der Waals surface area contributed by atoms with E-state index in [1.807, 2.05) is 44.2 Å². The van der Waals surface area contributed by atoms with Crippen LogP contribution in [0, 0.1) is 11.7 Å². The SMILES string of the molecule is CC[C@@H](C)[C@@H](C(=O)OCC(=O)c1ccc(NC(C)=O)cc1F)c1ccccc1. The molecule has 6 heteroatoms. The Morgan fingerprint density at radius 1 is 1.11 bits per heavy atom. The topological polar surface area (TPSA) is 72.5 Å². The molecule has 5 nitrogen and oxygen atoms in total. The van der Waals surface area contributed by atoms with E-state index in [-0.39, 0.29) is 23.1 Å². The first-order valence-electron chi connectivity index (χ1n) is 9.15. The van der Waals surface area contributed by atoms with E-state index in [9.17, 15) is 18.8 Å². The van der Waals surface area contributed by atoms with Crippen LogP contribution in [0.1, 0.15) is 49.0 Å². The first-order chi connectivity index (χ1) is 13.3. The molecule has 2 atom stereocenters. The molecule has 0 aromatic heterocycles. The molecule has 0 bridgehead atoms. The highest BCUT2D eigenvalue weighted by atomic mass is 19.1. The Balaban J connectivity index is 2.08. The second-order valence-electron chi connectivity index (χ2n) is 6.68. The van der Waals surface area contributed by atoms with Crippen LogP contribution >= 0.6 is 0 Å². The molecule has 0 unspecified atom stereocenters. The van der Waals surface area contributed by atoms with Gasteiger partial charge in [0.05, 0.1) is 11.5 Å². The molecule has 0 spiro atoms. The monoisotopic (exact) mass is 385 g/mol. The van der Waals surface area contributed by atoms with Gasteiger partial charge in [-0.15, -0.1) is 0 Å². The second kappa shape index (κ2) is 9.78. The Kier molecular flexibility index (Phi) is 7.44. The first kappa shape index (κ1) is 21.3. The van der Waals surface area contributed by atoms with Gasteiger partial charge in [0.25, 0.3) is 0 Å². The van der Waals surface area contributed by atoms with E-state index in [0.29, 0.717) is 0 Å². The maximum atomic E-state index is 14.2. The third-order valence-electron chi connectivity index (χ3n) is 4.56. The zero-order valence-corrected chi connectivity index (χ0v) is 16.2. The maximum Gasteiger partial charge on any atom is 0.314 e. The Morgan fingerprint density at radius 3 is 2.36 bits per heavy atom. The summed E-state index contributed by atoms with van der Waals surface area (Å²) >= 11 is 0. The van der Waals surface area contributed by atoms with Gasteiger partial charge in [-0.25, -0.2) is 4.39 Å². The molecular weight excluding hydrogens is 361 g/mol. The zero-order chi connectivity index (χ0) is 20.7. The quantitative estimate of drug-likeness (QED) is 0.542. The lowest BCUT2D eigenvalue weighted by Crippen LogP contribution is -2.25. The van der Waals surface area contributed by atoms with Gasteiger partial charge in [0.2, 0.25) is 11.7 Å². The molecule has 0 radical (unpaired) electrons. The summed E-state index contributed by atoms with van der Waals surface area (Å²) in [6.07, 6.45) is 0.766. The predicted molar refractivity (Wildman–Crippen MR) is 105 cm³/mol. The lowest BCUT2D eigenvalue weighted by atomic mass is 9.85. The minimum Gasteiger partial charge on any atom is -0.457 e. The summed E-state index contributed by atoms with van der Waals surface area (Å²) in [5.41, 5.74) is 0.876. The van der Waals surface area contributed by atoms with Crippen LogP contribution in [-0.4, -0.2) is 24.3 Å². The van der Waals surface area contributed by atoms with Gasteiger partial charge in [-0.3, -0.25) is 14.4 Å². The third kappa shape index (κ3) is 5.49. The Hall–Kier alpha value is -3.02. The molecule has 148 valence electrons. The van der Waals surface area contributed by atoms with Crippen molar-refractivity contribution in [2.24, 2.45) is 5.92 Å². The van der Waals surface area contributed by atoms with Crippen molar-refractivity contribution in [1.82, 2.24) is 0 Å². The van der Waals surface area contributed by atoms with Crippen molar-refractivity contribution in [1.29, 1.82) is 0 Å². The molecule has 28 heavy (non-hydrogen) atoms. The van der Waals surface area contributed by atoms with E-state index in [1.165, 1.54) is 19.1 Å². The third-order valence-corrected chi connectivity index (χ3v) is 4.56. The van der Waals surface area contributed by atoms with Crippen LogP contribution in [-0.2, 0) is 14.3 Å². The van der Waals surface area contributed by atoms with Crippen molar-refractivity contribution in [2.75, 3.05) is 11.9 Å². The van der Waals surface area contributed by atoms with Gasteiger partial charge in [0, 0.05) is 12.6 Å². The number of rotatable bonds is 8. The number of ether oxygens (including phenoxy) is 1. The van der Waals surface area contributed by atoms with Gasteiger partial charge in [-0.1, -0.05) is 50.6 Å². The molecule has 0 aliphatic heterocycles. The normalized spacial score (nSPS) is 12.7. The standard InChI is InChI=1S/C22H24FNO4/c1-4-14(2)21(16-8-6-5-7-9-16)22(27)28-13-20(26)18-11-10-17(12-19(18)23)24-15(3)25/h5-12,14,21H,4,13H2,1-3H3,(H,24,25)/t14-,21-/m1/s1. The minimum atomic E-state index is -0.783. The fourth-order valence-corrected chi connectivity index (χ4v) is 2.92. The van der Waals surface area contributed by atoms with Crippen LogP contribution in [0.4, 0.5) is 10.1 Å². The second-order valence-corrected chi connectivity index (χ2v) is 6.68. The van der Waals surface area contributed by atoms with E-state index in [0.717, 1.165) is 18.1 Å². The zero-order valence-electron chi connectivity index (χ0n) is 16.2. The summed E-state index contributed by atoms with van der Waals surface area (Å²) in [7, 11) is 0. The highest BCUT2D eigenvalue weighted by Crippen LogP contribution is 2.28. The number of esters is 1. The molecule has 2 aromatic carbocycles. The van der Waals surface area contributed by atoms with Crippen molar-refractivity contribution in [3.8, 4) is 0 Å². The molecule has 0 aliphatic rings. The predicted octanol–water partition coefficient (Wildman–Crippen LogP) is 4.34.